The number of nitrogens with one attached hydrogen (secondary N) is 1. The Labute approximate surface area is 102 Å². The van der Waals surface area contributed by atoms with Crippen molar-refractivity contribution in [1.82, 2.24) is 5.32 Å². The molecule has 0 aliphatic rings. The Balaban J connectivity index is 2.67. The summed E-state index contributed by atoms with van der Waals surface area (Å²) in [5.41, 5.74) is 0.977. The van der Waals surface area contributed by atoms with Gasteiger partial charge in [0.15, 0.2) is 0 Å². The van der Waals surface area contributed by atoms with Crippen LogP contribution in [0.15, 0.2) is 18.2 Å². The Kier molecular flexibility index (Phi) is 5.11. The van der Waals surface area contributed by atoms with E-state index in [4.69, 9.17) is 5.26 Å². The van der Waals surface area contributed by atoms with Gasteiger partial charge in [0, 0.05) is 18.2 Å². The molecule has 0 aromatic heterocycles. The smallest absolute Gasteiger partial charge is 0.129 e. The van der Waals surface area contributed by atoms with Gasteiger partial charge in [-0.05, 0) is 24.5 Å². The Morgan fingerprint density at radius 2 is 2.12 bits per heavy atom. The van der Waals surface area contributed by atoms with Crippen LogP contribution in [0.3, 0.4) is 0 Å². The van der Waals surface area contributed by atoms with Crippen LogP contribution in [0.25, 0.3) is 0 Å². The molecule has 0 radical (unpaired) electrons. The van der Waals surface area contributed by atoms with Crippen LogP contribution in [-0.4, -0.2) is 6.04 Å². The average Bonchev–Trinajstić information content (AvgIpc) is 2.31. The molecule has 0 spiro atoms. The van der Waals surface area contributed by atoms with Crippen molar-refractivity contribution in [3.8, 4) is 6.07 Å². The first kappa shape index (κ1) is 13.7. The number of nitriles is 1. The van der Waals surface area contributed by atoms with Crippen molar-refractivity contribution in [2.24, 2.45) is 5.92 Å². The molecule has 3 heteroatoms. The van der Waals surface area contributed by atoms with Crippen LogP contribution in [0.2, 0.25) is 0 Å². The molecule has 0 saturated carbocycles. The predicted molar refractivity (Wildman–Crippen MR) is 66.9 cm³/mol. The van der Waals surface area contributed by atoms with Crippen molar-refractivity contribution < 1.29 is 4.39 Å². The average molecular weight is 234 g/mol. The Morgan fingerprint density at radius 1 is 1.41 bits per heavy atom. The molecular weight excluding hydrogens is 215 g/mol. The Bertz CT molecular complexity index is 407. The minimum atomic E-state index is -0.310. The number of nitrogens with zero attached hydrogens (tertiary/aromatic N) is 1. The van der Waals surface area contributed by atoms with Crippen LogP contribution in [0.1, 0.15) is 38.3 Å². The molecule has 0 bridgehead atoms. The van der Waals surface area contributed by atoms with Gasteiger partial charge in [0.25, 0.3) is 0 Å². The summed E-state index contributed by atoms with van der Waals surface area (Å²) in [4.78, 5) is 0. The van der Waals surface area contributed by atoms with Gasteiger partial charge < -0.3 is 5.32 Å². The monoisotopic (exact) mass is 234 g/mol. The minimum absolute atomic E-state index is 0.310. The maximum Gasteiger partial charge on any atom is 0.129 e. The van der Waals surface area contributed by atoms with Gasteiger partial charge in [-0.2, -0.15) is 5.26 Å². The van der Waals surface area contributed by atoms with Crippen LogP contribution in [0, 0.1) is 23.1 Å². The first-order chi connectivity index (χ1) is 8.08. The molecule has 1 unspecified atom stereocenters. The predicted octanol–water partition coefficient (Wildman–Crippen LogP) is 3.22. The molecular formula is C14H19FN2. The standard InChI is InChI=1S/C14H19FN2/c1-4-14(10(2)3)17-9-12-6-5-11(8-16)7-13(12)15/h5-7,10,14,17H,4,9H2,1-3H3. The lowest BCUT2D eigenvalue weighted by Gasteiger charge is -2.20. The highest BCUT2D eigenvalue weighted by Gasteiger charge is 2.11. The maximum atomic E-state index is 13.6. The number of hydrogen-bond acceptors (Lipinski definition) is 2. The normalized spacial score (nSPS) is 12.5. The summed E-state index contributed by atoms with van der Waals surface area (Å²) in [5, 5.41) is 12.0. The number of halogens is 1. The molecule has 1 atom stereocenters. The fourth-order valence-electron chi connectivity index (χ4n) is 1.85. The molecule has 92 valence electrons. The summed E-state index contributed by atoms with van der Waals surface area (Å²) in [7, 11) is 0. The first-order valence-electron chi connectivity index (χ1n) is 6.00. The van der Waals surface area contributed by atoms with Gasteiger partial charge in [0.2, 0.25) is 0 Å². The Morgan fingerprint density at radius 3 is 2.59 bits per heavy atom. The summed E-state index contributed by atoms with van der Waals surface area (Å²) >= 11 is 0. The molecule has 1 rings (SSSR count). The van der Waals surface area contributed by atoms with Crippen molar-refractivity contribution in [2.75, 3.05) is 0 Å². The second-order valence-corrected chi connectivity index (χ2v) is 4.56. The first-order valence-corrected chi connectivity index (χ1v) is 6.00. The van der Waals surface area contributed by atoms with Crippen LogP contribution >= 0.6 is 0 Å². The number of rotatable bonds is 5. The maximum absolute atomic E-state index is 13.6. The quantitative estimate of drug-likeness (QED) is 0.849. The molecule has 0 fully saturated rings. The lowest BCUT2D eigenvalue weighted by atomic mass is 10.0. The molecule has 1 aromatic carbocycles. The van der Waals surface area contributed by atoms with E-state index in [2.05, 4.69) is 26.1 Å². The zero-order valence-corrected chi connectivity index (χ0v) is 10.6. The molecule has 0 amide bonds. The van der Waals surface area contributed by atoms with Crippen molar-refractivity contribution in [3.05, 3.63) is 35.1 Å². The Hall–Kier alpha value is -1.40. The van der Waals surface area contributed by atoms with E-state index in [0.717, 1.165) is 6.42 Å². The lowest BCUT2D eigenvalue weighted by molar-refractivity contribution is 0.384. The van der Waals surface area contributed by atoms with E-state index in [-0.39, 0.29) is 5.82 Å². The van der Waals surface area contributed by atoms with Crippen LogP contribution < -0.4 is 5.32 Å². The molecule has 0 saturated heterocycles. The van der Waals surface area contributed by atoms with E-state index in [0.29, 0.717) is 29.6 Å². The van der Waals surface area contributed by atoms with E-state index in [1.54, 1.807) is 12.1 Å². The highest BCUT2D eigenvalue weighted by atomic mass is 19.1. The summed E-state index contributed by atoms with van der Waals surface area (Å²) in [6.07, 6.45) is 1.02. The second-order valence-electron chi connectivity index (χ2n) is 4.56. The molecule has 0 heterocycles. The van der Waals surface area contributed by atoms with Gasteiger partial charge in [-0.25, -0.2) is 4.39 Å². The van der Waals surface area contributed by atoms with E-state index in [1.165, 1.54) is 6.07 Å². The third kappa shape index (κ3) is 3.83. The molecule has 1 N–H and O–H groups in total. The van der Waals surface area contributed by atoms with E-state index >= 15 is 0 Å². The van der Waals surface area contributed by atoms with Crippen molar-refractivity contribution in [2.45, 2.75) is 39.8 Å². The third-order valence-electron chi connectivity index (χ3n) is 2.98. The van der Waals surface area contributed by atoms with Crippen LogP contribution in [0.5, 0.6) is 0 Å². The summed E-state index contributed by atoms with van der Waals surface area (Å²) in [6, 6.07) is 6.93. The second kappa shape index (κ2) is 6.36. The number of hydrogen-bond donors (Lipinski definition) is 1. The SMILES string of the molecule is CCC(NCc1ccc(C#N)cc1F)C(C)C. The summed E-state index contributed by atoms with van der Waals surface area (Å²) in [6.45, 7) is 6.92. The third-order valence-corrected chi connectivity index (χ3v) is 2.98. The van der Waals surface area contributed by atoms with Gasteiger partial charge in [-0.3, -0.25) is 0 Å². The summed E-state index contributed by atoms with van der Waals surface area (Å²) in [5.74, 6) is 0.219. The van der Waals surface area contributed by atoms with Crippen molar-refractivity contribution >= 4 is 0 Å². The molecule has 17 heavy (non-hydrogen) atoms. The van der Waals surface area contributed by atoms with Gasteiger partial charge >= 0.3 is 0 Å². The lowest BCUT2D eigenvalue weighted by Crippen LogP contribution is -2.32. The van der Waals surface area contributed by atoms with Gasteiger partial charge in [0.05, 0.1) is 11.6 Å². The molecule has 0 aliphatic carbocycles. The fourth-order valence-corrected chi connectivity index (χ4v) is 1.85. The minimum Gasteiger partial charge on any atom is -0.310 e. The largest absolute Gasteiger partial charge is 0.310 e. The topological polar surface area (TPSA) is 35.8 Å². The van der Waals surface area contributed by atoms with Gasteiger partial charge in [-0.1, -0.05) is 26.8 Å². The van der Waals surface area contributed by atoms with Gasteiger partial charge in [-0.15, -0.1) is 0 Å². The molecule has 1 aromatic rings. The van der Waals surface area contributed by atoms with E-state index in [1.807, 2.05) is 6.07 Å². The molecule has 2 nitrogen and oxygen atoms in total. The van der Waals surface area contributed by atoms with E-state index < -0.39 is 0 Å². The highest BCUT2D eigenvalue weighted by molar-refractivity contribution is 5.32. The highest BCUT2D eigenvalue weighted by Crippen LogP contribution is 2.12. The van der Waals surface area contributed by atoms with Crippen LogP contribution in [0.4, 0.5) is 4.39 Å². The summed E-state index contributed by atoms with van der Waals surface area (Å²) < 4.78 is 13.6. The van der Waals surface area contributed by atoms with E-state index in [9.17, 15) is 4.39 Å². The zero-order valence-electron chi connectivity index (χ0n) is 10.6. The van der Waals surface area contributed by atoms with Crippen molar-refractivity contribution in [3.63, 3.8) is 0 Å². The molecule has 0 aliphatic heterocycles. The number of benzene rings is 1. The van der Waals surface area contributed by atoms with Gasteiger partial charge in [0.1, 0.15) is 5.82 Å². The fraction of sp³-hybridized carbons (Fsp3) is 0.500. The zero-order chi connectivity index (χ0) is 12.8. The van der Waals surface area contributed by atoms with Crippen LogP contribution in [-0.2, 0) is 6.54 Å². The van der Waals surface area contributed by atoms with Crippen molar-refractivity contribution in [1.29, 1.82) is 5.26 Å².